The van der Waals surface area contributed by atoms with E-state index < -0.39 is 0 Å². The van der Waals surface area contributed by atoms with E-state index in [0.29, 0.717) is 17.8 Å². The zero-order valence-corrected chi connectivity index (χ0v) is 15.7. The van der Waals surface area contributed by atoms with Crippen LogP contribution in [-0.4, -0.2) is 0 Å². The predicted octanol–water partition coefficient (Wildman–Crippen LogP) is 6.98. The van der Waals surface area contributed by atoms with E-state index >= 15 is 0 Å². The van der Waals surface area contributed by atoms with Crippen molar-refractivity contribution in [1.82, 2.24) is 0 Å². The van der Waals surface area contributed by atoms with Crippen molar-refractivity contribution in [2.45, 2.75) is 97.8 Å². The highest BCUT2D eigenvalue weighted by atomic mass is 14.6. The van der Waals surface area contributed by atoms with Crippen LogP contribution in [0.5, 0.6) is 0 Å². The molecule has 3 atom stereocenters. The van der Waals surface area contributed by atoms with Crippen molar-refractivity contribution < 1.29 is 0 Å². The minimum absolute atomic E-state index is 0.561. The summed E-state index contributed by atoms with van der Waals surface area (Å²) in [5, 5.41) is 0. The SMILES string of the molecule is CCCC(C)c1cc(C(C)CCC)c(N)c(C(C)CCC)c1. The first-order chi connectivity index (χ1) is 10.5. The molecule has 0 aliphatic heterocycles. The lowest BCUT2D eigenvalue weighted by molar-refractivity contribution is 0.635. The van der Waals surface area contributed by atoms with E-state index in [1.54, 1.807) is 0 Å². The molecule has 0 radical (unpaired) electrons. The molecule has 3 unspecified atom stereocenters. The molecule has 0 fully saturated rings. The third-order valence-corrected chi connectivity index (χ3v) is 5.06. The number of rotatable bonds is 9. The number of hydrogen-bond acceptors (Lipinski definition) is 1. The molecule has 0 aliphatic carbocycles. The maximum absolute atomic E-state index is 6.59. The molecular formula is C21H37N. The smallest absolute Gasteiger partial charge is 0.0384 e. The number of anilines is 1. The highest BCUT2D eigenvalue weighted by Gasteiger charge is 2.18. The molecule has 1 rings (SSSR count). The highest BCUT2D eigenvalue weighted by Crippen LogP contribution is 2.37. The van der Waals surface area contributed by atoms with Crippen molar-refractivity contribution in [2.75, 3.05) is 5.73 Å². The normalized spacial score (nSPS) is 15.5. The van der Waals surface area contributed by atoms with Gasteiger partial charge in [-0.3, -0.25) is 0 Å². The van der Waals surface area contributed by atoms with E-state index in [9.17, 15) is 0 Å². The van der Waals surface area contributed by atoms with Gasteiger partial charge in [-0.25, -0.2) is 0 Å². The van der Waals surface area contributed by atoms with Crippen LogP contribution >= 0.6 is 0 Å². The van der Waals surface area contributed by atoms with Gasteiger partial charge in [-0.15, -0.1) is 0 Å². The molecule has 0 heterocycles. The van der Waals surface area contributed by atoms with E-state index in [4.69, 9.17) is 5.73 Å². The van der Waals surface area contributed by atoms with Gasteiger partial charge in [-0.05, 0) is 53.7 Å². The van der Waals surface area contributed by atoms with Crippen LogP contribution < -0.4 is 5.73 Å². The average Bonchev–Trinajstić information content (AvgIpc) is 2.48. The van der Waals surface area contributed by atoms with Gasteiger partial charge in [-0.2, -0.15) is 0 Å². The van der Waals surface area contributed by atoms with E-state index in [1.165, 1.54) is 55.2 Å². The van der Waals surface area contributed by atoms with Crippen LogP contribution in [0.3, 0.4) is 0 Å². The first-order valence-corrected chi connectivity index (χ1v) is 9.39. The molecule has 126 valence electrons. The Balaban J connectivity index is 3.29. The fraction of sp³-hybridized carbons (Fsp3) is 0.714. The summed E-state index contributed by atoms with van der Waals surface area (Å²) in [4.78, 5) is 0. The zero-order valence-electron chi connectivity index (χ0n) is 15.7. The van der Waals surface area contributed by atoms with Gasteiger partial charge in [0.15, 0.2) is 0 Å². The first kappa shape index (κ1) is 19.1. The third kappa shape index (κ3) is 4.76. The van der Waals surface area contributed by atoms with Crippen molar-refractivity contribution in [3.63, 3.8) is 0 Å². The molecule has 0 saturated carbocycles. The Morgan fingerprint density at radius 3 is 1.45 bits per heavy atom. The summed E-state index contributed by atoms with van der Waals surface area (Å²) in [5.41, 5.74) is 11.9. The molecule has 0 amide bonds. The summed E-state index contributed by atoms with van der Waals surface area (Å²) in [6.45, 7) is 13.8. The Hall–Kier alpha value is -0.980. The summed E-state index contributed by atoms with van der Waals surface area (Å²) in [6.07, 6.45) is 7.37. The molecule has 0 aromatic heterocycles. The molecule has 22 heavy (non-hydrogen) atoms. The quantitative estimate of drug-likeness (QED) is 0.489. The van der Waals surface area contributed by atoms with Gasteiger partial charge in [-0.1, -0.05) is 72.9 Å². The molecule has 1 aromatic carbocycles. The Bertz CT molecular complexity index is 416. The molecule has 1 heteroatoms. The number of hydrogen-bond donors (Lipinski definition) is 1. The van der Waals surface area contributed by atoms with Crippen molar-refractivity contribution in [1.29, 1.82) is 0 Å². The molecule has 0 aliphatic rings. The van der Waals surface area contributed by atoms with Gasteiger partial charge in [0.05, 0.1) is 0 Å². The lowest BCUT2D eigenvalue weighted by Crippen LogP contribution is -2.08. The fourth-order valence-electron chi connectivity index (χ4n) is 3.60. The van der Waals surface area contributed by atoms with Crippen LogP contribution in [0.2, 0.25) is 0 Å². The summed E-state index contributed by atoms with van der Waals surface area (Å²) in [7, 11) is 0. The van der Waals surface area contributed by atoms with E-state index in [-0.39, 0.29) is 0 Å². The molecule has 0 saturated heterocycles. The lowest BCUT2D eigenvalue weighted by Gasteiger charge is -2.24. The predicted molar refractivity (Wildman–Crippen MR) is 101 cm³/mol. The van der Waals surface area contributed by atoms with Crippen LogP contribution in [-0.2, 0) is 0 Å². The van der Waals surface area contributed by atoms with Gasteiger partial charge < -0.3 is 5.73 Å². The lowest BCUT2D eigenvalue weighted by atomic mass is 9.83. The standard InChI is InChI=1S/C21H37N/c1-7-10-15(4)18-13-19(16(5)11-8-2)21(22)20(14-18)17(6)12-9-3/h13-17H,7-12,22H2,1-6H3. The number of nitrogens with two attached hydrogens (primary N) is 1. The second-order valence-corrected chi connectivity index (χ2v) is 7.18. The van der Waals surface area contributed by atoms with Gasteiger partial charge in [0.25, 0.3) is 0 Å². The van der Waals surface area contributed by atoms with Crippen molar-refractivity contribution >= 4 is 5.69 Å². The summed E-state index contributed by atoms with van der Waals surface area (Å²) >= 11 is 0. The molecular weight excluding hydrogens is 266 g/mol. The summed E-state index contributed by atoms with van der Waals surface area (Å²) in [6, 6.07) is 4.80. The van der Waals surface area contributed by atoms with Crippen LogP contribution in [0, 0.1) is 0 Å². The van der Waals surface area contributed by atoms with Gasteiger partial charge in [0.2, 0.25) is 0 Å². The van der Waals surface area contributed by atoms with Crippen LogP contribution in [0.25, 0.3) is 0 Å². The maximum atomic E-state index is 6.59. The highest BCUT2D eigenvalue weighted by molar-refractivity contribution is 5.58. The van der Waals surface area contributed by atoms with Gasteiger partial charge >= 0.3 is 0 Å². The maximum Gasteiger partial charge on any atom is 0.0384 e. The van der Waals surface area contributed by atoms with Crippen LogP contribution in [0.15, 0.2) is 12.1 Å². The van der Waals surface area contributed by atoms with Gasteiger partial charge in [0, 0.05) is 5.69 Å². The first-order valence-electron chi connectivity index (χ1n) is 9.39. The monoisotopic (exact) mass is 303 g/mol. The van der Waals surface area contributed by atoms with Crippen LogP contribution in [0.1, 0.15) is 115 Å². The van der Waals surface area contributed by atoms with E-state index in [2.05, 4.69) is 53.7 Å². The minimum atomic E-state index is 0.561. The molecule has 0 spiro atoms. The number of benzene rings is 1. The molecule has 1 nitrogen and oxygen atoms in total. The number of nitrogen functional groups attached to an aromatic ring is 1. The average molecular weight is 304 g/mol. The van der Waals surface area contributed by atoms with E-state index in [0.717, 1.165) is 5.69 Å². The Morgan fingerprint density at radius 2 is 1.09 bits per heavy atom. The molecule has 0 bridgehead atoms. The Morgan fingerprint density at radius 1 is 0.727 bits per heavy atom. The van der Waals surface area contributed by atoms with Crippen molar-refractivity contribution in [3.8, 4) is 0 Å². The van der Waals surface area contributed by atoms with Crippen molar-refractivity contribution in [3.05, 3.63) is 28.8 Å². The fourth-order valence-corrected chi connectivity index (χ4v) is 3.60. The zero-order chi connectivity index (χ0) is 16.7. The second kappa shape index (κ2) is 9.22. The largest absolute Gasteiger partial charge is 0.398 e. The summed E-state index contributed by atoms with van der Waals surface area (Å²) in [5.74, 6) is 1.75. The summed E-state index contributed by atoms with van der Waals surface area (Å²) < 4.78 is 0. The minimum Gasteiger partial charge on any atom is -0.398 e. The molecule has 2 N–H and O–H groups in total. The Labute approximate surface area is 138 Å². The molecule has 1 aromatic rings. The van der Waals surface area contributed by atoms with Crippen LogP contribution in [0.4, 0.5) is 5.69 Å². The topological polar surface area (TPSA) is 26.0 Å². The van der Waals surface area contributed by atoms with Gasteiger partial charge in [0.1, 0.15) is 0 Å². The Kier molecular flexibility index (Phi) is 8.00. The third-order valence-electron chi connectivity index (χ3n) is 5.06. The second-order valence-electron chi connectivity index (χ2n) is 7.18. The van der Waals surface area contributed by atoms with Crippen molar-refractivity contribution in [2.24, 2.45) is 0 Å². The van der Waals surface area contributed by atoms with E-state index in [1.807, 2.05) is 0 Å².